The Kier molecular flexibility index (Phi) is 6.98. The normalized spacial score (nSPS) is 13.9. The van der Waals surface area contributed by atoms with Crippen molar-refractivity contribution in [1.82, 2.24) is 5.32 Å². The molecule has 10 nitrogen and oxygen atoms in total. The minimum Gasteiger partial charge on any atom is -0.444 e. The van der Waals surface area contributed by atoms with Gasteiger partial charge in [0.25, 0.3) is 10.1 Å². The molecule has 0 radical (unpaired) electrons. The Morgan fingerprint density at radius 3 is 2.29 bits per heavy atom. The highest BCUT2D eigenvalue weighted by molar-refractivity contribution is 7.85. The molecule has 0 aliphatic carbocycles. The fourth-order valence-corrected chi connectivity index (χ4v) is 1.80. The predicted octanol–water partition coefficient (Wildman–Crippen LogP) is -1.08. The van der Waals surface area contributed by atoms with Crippen molar-refractivity contribution in [2.24, 2.45) is 5.73 Å². The average molecular weight is 324 g/mol. The first-order valence-corrected chi connectivity index (χ1v) is 7.12. The van der Waals surface area contributed by atoms with Crippen LogP contribution in [0.15, 0.2) is 12.2 Å². The Morgan fingerprint density at radius 2 is 1.90 bits per heavy atom. The number of nitrogens with one attached hydrogen (secondary N) is 1. The summed E-state index contributed by atoms with van der Waals surface area (Å²) in [5.74, 6) is -3.24. The molecular formula is C10H16N2O8S. The first-order valence-electron chi connectivity index (χ1n) is 5.51. The summed E-state index contributed by atoms with van der Waals surface area (Å²) >= 11 is 0. The number of carbonyl (C=O) groups excluding carboxylic acids is 3. The van der Waals surface area contributed by atoms with E-state index < -0.39 is 46.2 Å². The van der Waals surface area contributed by atoms with Crippen LogP contribution in [0.25, 0.3) is 0 Å². The SMILES string of the molecule is C=C(C)C(=O)OC(C)NC(CS(=O)(=O)O)C(=O)OC(N)=O. The zero-order chi connectivity index (χ0) is 16.8. The predicted molar refractivity (Wildman–Crippen MR) is 69.4 cm³/mol. The van der Waals surface area contributed by atoms with Crippen LogP contribution in [0.4, 0.5) is 4.79 Å². The van der Waals surface area contributed by atoms with Gasteiger partial charge in [-0.25, -0.2) is 14.4 Å². The molecule has 0 aromatic heterocycles. The molecule has 4 N–H and O–H groups in total. The Labute approximate surface area is 121 Å². The van der Waals surface area contributed by atoms with E-state index in [1.807, 2.05) is 0 Å². The molecule has 1 amide bonds. The van der Waals surface area contributed by atoms with Crippen molar-refractivity contribution in [1.29, 1.82) is 0 Å². The van der Waals surface area contributed by atoms with Crippen molar-refractivity contribution in [2.45, 2.75) is 26.1 Å². The maximum absolute atomic E-state index is 11.5. The topological polar surface area (TPSA) is 162 Å². The summed E-state index contributed by atoms with van der Waals surface area (Å²) in [6, 6.07) is -1.67. The molecule has 0 bridgehead atoms. The molecule has 0 heterocycles. The molecule has 0 aliphatic rings. The second kappa shape index (κ2) is 7.71. The van der Waals surface area contributed by atoms with E-state index in [1.165, 1.54) is 13.8 Å². The third-order valence-corrected chi connectivity index (χ3v) is 2.69. The van der Waals surface area contributed by atoms with Gasteiger partial charge in [0.15, 0.2) is 6.23 Å². The van der Waals surface area contributed by atoms with E-state index in [9.17, 15) is 22.8 Å². The molecule has 0 spiro atoms. The van der Waals surface area contributed by atoms with Crippen molar-refractivity contribution in [3.63, 3.8) is 0 Å². The first-order chi connectivity index (χ1) is 9.42. The Bertz CT molecular complexity index is 541. The van der Waals surface area contributed by atoms with E-state index in [1.54, 1.807) is 0 Å². The molecule has 2 unspecified atom stereocenters. The largest absolute Gasteiger partial charge is 0.444 e. The van der Waals surface area contributed by atoms with Crippen molar-refractivity contribution < 1.29 is 36.8 Å². The quantitative estimate of drug-likeness (QED) is 0.174. The third kappa shape index (κ3) is 8.73. The summed E-state index contributed by atoms with van der Waals surface area (Å²) in [6.07, 6.45) is -2.57. The fraction of sp³-hybridized carbons (Fsp3) is 0.500. The maximum atomic E-state index is 11.5. The second-order valence-corrected chi connectivity index (χ2v) is 5.53. The van der Waals surface area contributed by atoms with Crippen LogP contribution in [0.2, 0.25) is 0 Å². The molecule has 21 heavy (non-hydrogen) atoms. The molecular weight excluding hydrogens is 308 g/mol. The van der Waals surface area contributed by atoms with Gasteiger partial charge in [-0.15, -0.1) is 0 Å². The summed E-state index contributed by atoms with van der Waals surface area (Å²) in [6.45, 7) is 6.00. The van der Waals surface area contributed by atoms with Gasteiger partial charge in [0.05, 0.1) is 0 Å². The molecule has 0 aromatic rings. The average Bonchev–Trinajstić information content (AvgIpc) is 2.24. The van der Waals surface area contributed by atoms with Gasteiger partial charge in [-0.3, -0.25) is 9.87 Å². The van der Waals surface area contributed by atoms with Crippen LogP contribution >= 0.6 is 0 Å². The fourth-order valence-electron chi connectivity index (χ4n) is 1.14. The zero-order valence-electron chi connectivity index (χ0n) is 11.4. The maximum Gasteiger partial charge on any atom is 0.412 e. The lowest BCUT2D eigenvalue weighted by Crippen LogP contribution is -2.49. The van der Waals surface area contributed by atoms with E-state index in [0.717, 1.165) is 0 Å². The van der Waals surface area contributed by atoms with Gasteiger partial charge in [-0.05, 0) is 13.8 Å². The molecule has 0 fully saturated rings. The van der Waals surface area contributed by atoms with Gasteiger partial charge >= 0.3 is 18.0 Å². The number of hydrogen-bond donors (Lipinski definition) is 3. The highest BCUT2D eigenvalue weighted by atomic mass is 32.2. The minimum atomic E-state index is -4.57. The molecule has 120 valence electrons. The monoisotopic (exact) mass is 324 g/mol. The lowest BCUT2D eigenvalue weighted by Gasteiger charge is -2.20. The number of ether oxygens (including phenoxy) is 2. The Hall–Kier alpha value is -1.98. The van der Waals surface area contributed by atoms with E-state index in [-0.39, 0.29) is 5.57 Å². The van der Waals surface area contributed by atoms with Gasteiger partial charge in [0.2, 0.25) is 0 Å². The summed E-state index contributed by atoms with van der Waals surface area (Å²) in [5, 5.41) is 2.26. The van der Waals surface area contributed by atoms with Crippen LogP contribution in [0.1, 0.15) is 13.8 Å². The van der Waals surface area contributed by atoms with Crippen LogP contribution in [0.5, 0.6) is 0 Å². The highest BCUT2D eigenvalue weighted by Crippen LogP contribution is 2.01. The van der Waals surface area contributed by atoms with Crippen molar-refractivity contribution >= 4 is 28.1 Å². The van der Waals surface area contributed by atoms with Crippen molar-refractivity contribution in [2.75, 3.05) is 5.75 Å². The Morgan fingerprint density at radius 1 is 1.38 bits per heavy atom. The van der Waals surface area contributed by atoms with Crippen molar-refractivity contribution in [3.8, 4) is 0 Å². The molecule has 2 atom stereocenters. The summed E-state index contributed by atoms with van der Waals surface area (Å²) < 4.78 is 39.1. The number of carbonyl (C=O) groups is 3. The Balaban J connectivity index is 4.89. The summed E-state index contributed by atoms with van der Waals surface area (Å²) in [4.78, 5) is 33.2. The standard InChI is InChI=1S/C10H16N2O8S/c1-5(2)8(13)19-6(3)12-7(4-21(16,17)18)9(14)20-10(11)15/h6-7,12H,1,4H2,2-3H3,(H2,11,15)(H,16,17,18). The van der Waals surface area contributed by atoms with E-state index in [2.05, 4.69) is 22.4 Å². The number of primary amides is 1. The summed E-state index contributed by atoms with van der Waals surface area (Å²) in [5.41, 5.74) is 4.71. The lowest BCUT2D eigenvalue weighted by molar-refractivity contribution is -0.148. The van der Waals surface area contributed by atoms with E-state index in [0.29, 0.717) is 0 Å². The van der Waals surface area contributed by atoms with Gasteiger partial charge in [0, 0.05) is 5.57 Å². The highest BCUT2D eigenvalue weighted by Gasteiger charge is 2.29. The van der Waals surface area contributed by atoms with E-state index in [4.69, 9.17) is 9.29 Å². The second-order valence-electron chi connectivity index (χ2n) is 4.04. The van der Waals surface area contributed by atoms with Gasteiger partial charge < -0.3 is 15.2 Å². The molecule has 0 aromatic carbocycles. The van der Waals surface area contributed by atoms with Gasteiger partial charge in [-0.1, -0.05) is 6.58 Å². The minimum absolute atomic E-state index is 0.0784. The number of hydrogen-bond acceptors (Lipinski definition) is 8. The van der Waals surface area contributed by atoms with Gasteiger partial charge in [0.1, 0.15) is 11.8 Å². The van der Waals surface area contributed by atoms with E-state index >= 15 is 0 Å². The van der Waals surface area contributed by atoms with Crippen LogP contribution in [-0.4, -0.2) is 49.0 Å². The third-order valence-electron chi connectivity index (χ3n) is 1.93. The smallest absolute Gasteiger partial charge is 0.412 e. The number of esters is 2. The molecule has 11 heteroatoms. The van der Waals surface area contributed by atoms with Crippen LogP contribution in [0, 0.1) is 0 Å². The molecule has 0 aliphatic heterocycles. The van der Waals surface area contributed by atoms with Crippen LogP contribution in [0.3, 0.4) is 0 Å². The number of nitrogens with two attached hydrogens (primary N) is 1. The first kappa shape index (κ1) is 19.0. The molecule has 0 saturated carbocycles. The van der Waals surface area contributed by atoms with Gasteiger partial charge in [-0.2, -0.15) is 8.42 Å². The number of amides is 1. The van der Waals surface area contributed by atoms with Crippen LogP contribution < -0.4 is 11.1 Å². The zero-order valence-corrected chi connectivity index (χ0v) is 12.2. The van der Waals surface area contributed by atoms with Crippen molar-refractivity contribution in [3.05, 3.63) is 12.2 Å². The van der Waals surface area contributed by atoms with Crippen LogP contribution in [-0.2, 0) is 29.2 Å². The molecule has 0 saturated heterocycles. The summed E-state index contributed by atoms with van der Waals surface area (Å²) in [7, 11) is -4.57. The number of rotatable bonds is 7. The lowest BCUT2D eigenvalue weighted by atomic mass is 10.3. The molecule has 0 rings (SSSR count).